The van der Waals surface area contributed by atoms with E-state index in [0.29, 0.717) is 25.4 Å². The van der Waals surface area contributed by atoms with E-state index in [-0.39, 0.29) is 5.56 Å². The summed E-state index contributed by atoms with van der Waals surface area (Å²) in [7, 11) is 1.79. The molecule has 2 saturated carbocycles. The normalized spacial score (nSPS) is 16.0. The van der Waals surface area contributed by atoms with Gasteiger partial charge in [-0.1, -0.05) is 25.7 Å². The first-order chi connectivity index (χ1) is 20.4. The average Bonchev–Trinajstić information content (AvgIpc) is 3.81. The van der Waals surface area contributed by atoms with Crippen LogP contribution >= 0.6 is 15.9 Å². The number of nitrogens with zero attached hydrogens (tertiary/aromatic N) is 5. The number of aryl methyl sites for hydroxylation is 2. The lowest BCUT2D eigenvalue weighted by Gasteiger charge is -2.11. The Hall–Kier alpha value is -3.27. The quantitative estimate of drug-likeness (QED) is 0.193. The molecule has 0 atom stereocenters. The zero-order valence-corrected chi connectivity index (χ0v) is 25.9. The van der Waals surface area contributed by atoms with Gasteiger partial charge in [0.15, 0.2) is 0 Å². The first-order valence-corrected chi connectivity index (χ1v) is 15.7. The molecule has 0 saturated heterocycles. The fourth-order valence-corrected chi connectivity index (χ4v) is 6.31. The maximum absolute atomic E-state index is 11.9. The number of pyridine rings is 3. The summed E-state index contributed by atoms with van der Waals surface area (Å²) in [6, 6.07) is 10.0. The summed E-state index contributed by atoms with van der Waals surface area (Å²) in [5.41, 5.74) is 6.94. The summed E-state index contributed by atoms with van der Waals surface area (Å²) in [6.07, 6.45) is 20.5. The number of hydrogen-bond donors (Lipinski definition) is 0. The molecule has 2 aliphatic rings. The van der Waals surface area contributed by atoms with Crippen molar-refractivity contribution in [1.29, 1.82) is 0 Å². The maximum atomic E-state index is 11.9. The highest BCUT2D eigenvalue weighted by atomic mass is 79.9. The molecule has 0 aromatic carbocycles. The van der Waals surface area contributed by atoms with Gasteiger partial charge in [-0.15, -0.1) is 0 Å². The summed E-state index contributed by atoms with van der Waals surface area (Å²) < 4.78 is 18.8. The first kappa shape index (κ1) is 28.8. The molecule has 5 heterocycles. The van der Waals surface area contributed by atoms with Gasteiger partial charge < -0.3 is 22.8 Å². The second kappa shape index (κ2) is 12.9. The van der Waals surface area contributed by atoms with Crippen molar-refractivity contribution in [2.75, 3.05) is 0 Å². The molecule has 2 fully saturated rings. The molecule has 7 rings (SSSR count). The lowest BCUT2D eigenvalue weighted by atomic mass is 10.1. The Balaban J connectivity index is 0.000000162. The number of imidazole rings is 2. The van der Waals surface area contributed by atoms with Crippen molar-refractivity contribution in [3.8, 4) is 11.1 Å². The second-order valence-corrected chi connectivity index (χ2v) is 12.4. The lowest BCUT2D eigenvalue weighted by Crippen LogP contribution is -2.18. The Kier molecular flexibility index (Phi) is 8.88. The van der Waals surface area contributed by atoms with Crippen LogP contribution in [0.4, 0.5) is 0 Å². The molecule has 0 amide bonds. The Morgan fingerprint density at radius 2 is 1.33 bits per heavy atom. The van der Waals surface area contributed by atoms with E-state index in [4.69, 9.17) is 9.47 Å². The van der Waals surface area contributed by atoms with Crippen LogP contribution in [0.2, 0.25) is 0 Å². The molecule has 5 aromatic rings. The summed E-state index contributed by atoms with van der Waals surface area (Å²) >= 11 is 3.48. The van der Waals surface area contributed by atoms with Crippen molar-refractivity contribution in [2.45, 2.75) is 83.7 Å². The van der Waals surface area contributed by atoms with Gasteiger partial charge in [-0.3, -0.25) is 4.79 Å². The van der Waals surface area contributed by atoms with Gasteiger partial charge in [0, 0.05) is 35.7 Å². The average molecular weight is 633 g/mol. The molecule has 0 spiro atoms. The minimum absolute atomic E-state index is 0.0399. The van der Waals surface area contributed by atoms with Crippen LogP contribution in [0.5, 0.6) is 0 Å². The number of aromatic nitrogens is 5. The van der Waals surface area contributed by atoms with Crippen LogP contribution in [0.15, 0.2) is 70.6 Å². The smallest absolute Gasteiger partial charge is 0.253 e. The third kappa shape index (κ3) is 6.53. The fraction of sp³-hybridized carbons (Fsp3) is 0.424. The molecule has 0 radical (unpaired) electrons. The van der Waals surface area contributed by atoms with Crippen molar-refractivity contribution >= 4 is 27.2 Å². The van der Waals surface area contributed by atoms with Crippen LogP contribution in [-0.2, 0) is 29.7 Å². The van der Waals surface area contributed by atoms with Crippen LogP contribution in [0, 0.1) is 6.92 Å². The highest BCUT2D eigenvalue weighted by Gasteiger charge is 2.17. The highest BCUT2D eigenvalue weighted by Crippen LogP contribution is 2.25. The largest absolute Gasteiger partial charge is 0.372 e. The van der Waals surface area contributed by atoms with Crippen molar-refractivity contribution in [3.05, 3.63) is 93.1 Å². The Labute approximate surface area is 254 Å². The van der Waals surface area contributed by atoms with Crippen molar-refractivity contribution in [1.82, 2.24) is 23.3 Å². The second-order valence-electron chi connectivity index (χ2n) is 11.5. The summed E-state index contributed by atoms with van der Waals surface area (Å²) in [5.74, 6) is 0. The molecular weight excluding hydrogens is 594 g/mol. The lowest BCUT2D eigenvalue weighted by molar-refractivity contribution is 0.0433. The summed E-state index contributed by atoms with van der Waals surface area (Å²) in [5, 5.41) is 0. The Morgan fingerprint density at radius 1 is 0.786 bits per heavy atom. The van der Waals surface area contributed by atoms with Gasteiger partial charge in [0.05, 0.1) is 49.2 Å². The van der Waals surface area contributed by atoms with Crippen LogP contribution in [0.1, 0.15) is 68.3 Å². The van der Waals surface area contributed by atoms with Gasteiger partial charge in [-0.25, -0.2) is 9.97 Å². The molecular formula is C33H38BrN5O3. The van der Waals surface area contributed by atoms with E-state index in [1.165, 1.54) is 51.4 Å². The molecule has 0 N–H and O–H groups in total. The van der Waals surface area contributed by atoms with Crippen LogP contribution < -0.4 is 5.56 Å². The molecule has 9 heteroatoms. The molecule has 0 unspecified atom stereocenters. The molecule has 8 nitrogen and oxygen atoms in total. The predicted molar refractivity (Wildman–Crippen MR) is 168 cm³/mol. The number of fused-ring (bicyclic) bond motifs is 2. The van der Waals surface area contributed by atoms with Crippen LogP contribution in [0.3, 0.4) is 0 Å². The van der Waals surface area contributed by atoms with Crippen molar-refractivity contribution < 1.29 is 9.47 Å². The van der Waals surface area contributed by atoms with Gasteiger partial charge in [-0.05, 0) is 90.0 Å². The van der Waals surface area contributed by atoms with E-state index in [0.717, 1.165) is 43.8 Å². The number of rotatable bonds is 7. The molecule has 220 valence electrons. The zero-order valence-electron chi connectivity index (χ0n) is 24.3. The van der Waals surface area contributed by atoms with E-state index in [1.807, 2.05) is 62.0 Å². The van der Waals surface area contributed by atoms with Crippen LogP contribution in [-0.4, -0.2) is 35.5 Å². The molecule has 0 bridgehead atoms. The van der Waals surface area contributed by atoms with E-state index < -0.39 is 0 Å². The zero-order chi connectivity index (χ0) is 29.1. The first-order valence-electron chi connectivity index (χ1n) is 14.9. The maximum Gasteiger partial charge on any atom is 0.253 e. The van der Waals surface area contributed by atoms with Gasteiger partial charge in [-0.2, -0.15) is 0 Å². The van der Waals surface area contributed by atoms with Gasteiger partial charge in [0.25, 0.3) is 5.56 Å². The molecule has 0 aliphatic heterocycles. The van der Waals surface area contributed by atoms with Gasteiger partial charge >= 0.3 is 0 Å². The monoisotopic (exact) mass is 631 g/mol. The topological polar surface area (TPSA) is 75.1 Å². The van der Waals surface area contributed by atoms with E-state index in [2.05, 4.69) is 40.9 Å². The van der Waals surface area contributed by atoms with Gasteiger partial charge in [0.1, 0.15) is 11.3 Å². The predicted octanol–water partition coefficient (Wildman–Crippen LogP) is 7.02. The molecule has 2 aliphatic carbocycles. The third-order valence-corrected chi connectivity index (χ3v) is 8.83. The van der Waals surface area contributed by atoms with Crippen molar-refractivity contribution in [2.24, 2.45) is 7.05 Å². The molecule has 42 heavy (non-hydrogen) atoms. The van der Waals surface area contributed by atoms with Crippen LogP contribution in [0.25, 0.3) is 22.4 Å². The standard InChI is InChI=1S/C20H23N3O2.C13H15BrN2O/c1-14-9-16(11-22(2)20(14)24)15-7-8-19-21-10-17(23(19)12-15)13-25-18-5-3-4-6-18;14-10-5-6-13-15-7-11(16(13)8-10)9-17-12-3-1-2-4-12/h7-12,18H,3-6,13H2,1-2H3;5-8,12H,1-4,9H2. The SMILES string of the molecule is Brc1ccc2ncc(COC3CCCC3)n2c1.Cc1cc(-c2ccc3ncc(COC4CCCC4)n3c2)cn(C)c1=O. The highest BCUT2D eigenvalue weighted by molar-refractivity contribution is 9.10. The fourth-order valence-electron chi connectivity index (χ4n) is 5.97. The van der Waals surface area contributed by atoms with E-state index in [1.54, 1.807) is 11.6 Å². The minimum Gasteiger partial charge on any atom is -0.372 e. The number of ether oxygens (including phenoxy) is 2. The third-order valence-electron chi connectivity index (χ3n) is 8.36. The van der Waals surface area contributed by atoms with Crippen molar-refractivity contribution in [3.63, 3.8) is 0 Å². The van der Waals surface area contributed by atoms with E-state index >= 15 is 0 Å². The van der Waals surface area contributed by atoms with Gasteiger partial charge in [0.2, 0.25) is 0 Å². The summed E-state index contributed by atoms with van der Waals surface area (Å²) in [6.45, 7) is 3.09. The molecule has 5 aromatic heterocycles. The minimum atomic E-state index is 0.0399. The van der Waals surface area contributed by atoms with E-state index in [9.17, 15) is 4.79 Å². The Morgan fingerprint density at radius 3 is 1.90 bits per heavy atom. The Bertz CT molecular complexity index is 1700. The number of hydrogen-bond acceptors (Lipinski definition) is 5. The number of halogens is 1. The summed E-state index contributed by atoms with van der Waals surface area (Å²) in [4.78, 5) is 20.8.